The normalized spacial score (nSPS) is 13.0. The average Bonchev–Trinajstić information content (AvgIpc) is 2.69. The predicted molar refractivity (Wildman–Crippen MR) is 108 cm³/mol. The molecule has 2 atom stereocenters. The maximum Gasteiger partial charge on any atom is 1.00 e. The zero-order valence-electron chi connectivity index (χ0n) is 16.5. The monoisotopic (exact) mass is 351 g/mol. The zero-order chi connectivity index (χ0) is 18.2. The molecule has 3 aromatic carbocycles. The molecule has 27 heavy (non-hydrogen) atoms. The van der Waals surface area contributed by atoms with E-state index in [1.165, 1.54) is 11.1 Å². The van der Waals surface area contributed by atoms with Crippen molar-refractivity contribution in [1.29, 1.82) is 0 Å². The van der Waals surface area contributed by atoms with Crippen molar-refractivity contribution in [3.63, 3.8) is 0 Å². The van der Waals surface area contributed by atoms with Crippen molar-refractivity contribution in [2.75, 3.05) is 0 Å². The Morgan fingerprint density at radius 3 is 1.70 bits per heavy atom. The van der Waals surface area contributed by atoms with Gasteiger partial charge in [0.05, 0.1) is 12.7 Å². The molecule has 0 aliphatic carbocycles. The summed E-state index contributed by atoms with van der Waals surface area (Å²) in [5.41, 5.74) is 3.51. The van der Waals surface area contributed by atoms with Crippen LogP contribution in [-0.2, 0) is 11.3 Å². The summed E-state index contributed by atoms with van der Waals surface area (Å²) in [4.78, 5) is 0. The molecule has 3 rings (SSSR count). The molecular weight excluding hydrogens is 325 g/mol. The molecule has 134 valence electrons. The van der Waals surface area contributed by atoms with Crippen LogP contribution in [0.15, 0.2) is 91.0 Å². The molecular formula is C24H26LiNO. The number of hydrogen-bond donors (Lipinski definition) is 0. The third-order valence-electron chi connectivity index (χ3n) is 4.29. The molecule has 0 saturated carbocycles. The molecule has 0 heterocycles. The Hall–Kier alpha value is -1.82. The Labute approximate surface area is 175 Å². The molecule has 0 aliphatic rings. The second-order valence-corrected chi connectivity index (χ2v) is 6.73. The van der Waals surface area contributed by atoms with E-state index in [9.17, 15) is 0 Å². The summed E-state index contributed by atoms with van der Waals surface area (Å²) in [7, 11) is 0. The van der Waals surface area contributed by atoms with Crippen molar-refractivity contribution in [3.05, 3.63) is 113 Å². The van der Waals surface area contributed by atoms with Gasteiger partial charge in [0, 0.05) is 0 Å². The third-order valence-corrected chi connectivity index (χ3v) is 4.29. The van der Waals surface area contributed by atoms with E-state index in [1.54, 1.807) is 0 Å². The van der Waals surface area contributed by atoms with Crippen LogP contribution in [-0.4, -0.2) is 6.04 Å². The first-order valence-electron chi connectivity index (χ1n) is 9.19. The van der Waals surface area contributed by atoms with E-state index in [-0.39, 0.29) is 37.0 Å². The average molecular weight is 351 g/mol. The Morgan fingerprint density at radius 1 is 0.704 bits per heavy atom. The van der Waals surface area contributed by atoms with Crippen LogP contribution in [0.25, 0.3) is 5.32 Å². The standard InChI is InChI=1S/C24H26NO.Li/c1-19(2)25-23(21-14-8-4-9-15-21)24(22-16-10-5-11-17-22)26-18-20-12-6-3-7-13-20;/h3-17,19,23-24H,18H2,1-2H3;/q-1;+1/t23-,24+;/m1./s1. The van der Waals surface area contributed by atoms with E-state index in [1.807, 2.05) is 30.3 Å². The van der Waals surface area contributed by atoms with Crippen LogP contribution >= 0.6 is 0 Å². The fraction of sp³-hybridized carbons (Fsp3) is 0.250. The molecule has 0 radical (unpaired) electrons. The third kappa shape index (κ3) is 6.38. The maximum atomic E-state index is 6.44. The Balaban J connectivity index is 0.00000261. The first-order valence-corrected chi connectivity index (χ1v) is 9.19. The SMILES string of the molecule is CC(C)[N-][C@H](c1ccccc1)[C@@H](OCc1ccccc1)c1ccccc1.[Li+]. The second-order valence-electron chi connectivity index (χ2n) is 6.73. The molecule has 0 aromatic heterocycles. The van der Waals surface area contributed by atoms with Crippen LogP contribution in [0.1, 0.15) is 42.7 Å². The van der Waals surface area contributed by atoms with Gasteiger partial charge < -0.3 is 10.1 Å². The van der Waals surface area contributed by atoms with Gasteiger partial charge in [-0.2, -0.15) is 0 Å². The van der Waals surface area contributed by atoms with E-state index in [0.717, 1.165) is 5.56 Å². The van der Waals surface area contributed by atoms with Crippen LogP contribution in [0.4, 0.5) is 0 Å². The van der Waals surface area contributed by atoms with Crippen molar-refractivity contribution < 1.29 is 23.6 Å². The van der Waals surface area contributed by atoms with Crippen LogP contribution in [0.3, 0.4) is 0 Å². The molecule has 0 fully saturated rings. The van der Waals surface area contributed by atoms with Crippen LogP contribution in [0.2, 0.25) is 0 Å². The first-order chi connectivity index (χ1) is 12.7. The molecule has 0 bridgehead atoms. The van der Waals surface area contributed by atoms with Crippen molar-refractivity contribution >= 4 is 0 Å². The summed E-state index contributed by atoms with van der Waals surface area (Å²) in [6.07, 6.45) is -0.124. The summed E-state index contributed by atoms with van der Waals surface area (Å²) in [6, 6.07) is 31.4. The van der Waals surface area contributed by atoms with Gasteiger partial charge >= 0.3 is 18.9 Å². The van der Waals surface area contributed by atoms with Gasteiger partial charge in [0.1, 0.15) is 0 Å². The van der Waals surface area contributed by atoms with Gasteiger partial charge in [-0.3, -0.25) is 0 Å². The zero-order valence-corrected chi connectivity index (χ0v) is 16.5. The second kappa shape index (κ2) is 11.1. The fourth-order valence-electron chi connectivity index (χ4n) is 3.08. The van der Waals surface area contributed by atoms with Gasteiger partial charge in [0.2, 0.25) is 0 Å². The van der Waals surface area contributed by atoms with Crippen LogP contribution < -0.4 is 18.9 Å². The van der Waals surface area contributed by atoms with Gasteiger partial charge in [-0.1, -0.05) is 116 Å². The van der Waals surface area contributed by atoms with Gasteiger partial charge in [-0.05, 0) is 11.1 Å². The number of rotatable bonds is 8. The molecule has 3 heteroatoms. The van der Waals surface area contributed by atoms with Gasteiger partial charge in [-0.25, -0.2) is 0 Å². The quantitative estimate of drug-likeness (QED) is 0.570. The minimum absolute atomic E-state index is 0. The van der Waals surface area contributed by atoms with Gasteiger partial charge in [0.15, 0.2) is 0 Å². The van der Waals surface area contributed by atoms with E-state index in [0.29, 0.717) is 6.61 Å². The number of nitrogens with zero attached hydrogens (tertiary/aromatic N) is 1. The topological polar surface area (TPSA) is 23.3 Å². The minimum Gasteiger partial charge on any atom is -0.651 e. The van der Waals surface area contributed by atoms with Gasteiger partial charge in [0.25, 0.3) is 0 Å². The molecule has 0 saturated heterocycles. The number of ether oxygens (including phenoxy) is 1. The first kappa shape index (κ1) is 21.5. The van der Waals surface area contributed by atoms with Crippen LogP contribution in [0, 0.1) is 0 Å². The van der Waals surface area contributed by atoms with Crippen molar-refractivity contribution in [3.8, 4) is 0 Å². The predicted octanol–water partition coefficient (Wildman–Crippen LogP) is 3.47. The molecule has 0 amide bonds. The molecule has 2 nitrogen and oxygen atoms in total. The summed E-state index contributed by atoms with van der Waals surface area (Å²) in [5.74, 6) is 0. The summed E-state index contributed by atoms with van der Waals surface area (Å²) >= 11 is 0. The maximum absolute atomic E-state index is 6.44. The molecule has 0 unspecified atom stereocenters. The van der Waals surface area contributed by atoms with E-state index in [4.69, 9.17) is 10.1 Å². The Morgan fingerprint density at radius 2 is 1.19 bits per heavy atom. The van der Waals surface area contributed by atoms with Crippen molar-refractivity contribution in [2.24, 2.45) is 0 Å². The molecule has 0 N–H and O–H groups in total. The smallest absolute Gasteiger partial charge is 0.651 e. The molecule has 3 aromatic rings. The van der Waals surface area contributed by atoms with E-state index in [2.05, 4.69) is 74.5 Å². The van der Waals surface area contributed by atoms with E-state index < -0.39 is 0 Å². The number of hydrogen-bond acceptors (Lipinski definition) is 1. The Bertz CT molecular complexity index is 762. The van der Waals surface area contributed by atoms with Crippen molar-refractivity contribution in [1.82, 2.24) is 0 Å². The molecule has 0 spiro atoms. The van der Waals surface area contributed by atoms with Gasteiger partial charge in [-0.15, -0.1) is 6.04 Å². The summed E-state index contributed by atoms with van der Waals surface area (Å²) in [5, 5.41) is 5.01. The van der Waals surface area contributed by atoms with E-state index >= 15 is 0 Å². The summed E-state index contributed by atoms with van der Waals surface area (Å²) in [6.45, 7) is 4.81. The molecule has 0 aliphatic heterocycles. The summed E-state index contributed by atoms with van der Waals surface area (Å²) < 4.78 is 6.44. The minimum atomic E-state index is -0.124. The number of benzene rings is 3. The Kier molecular flexibility index (Phi) is 8.84. The fourth-order valence-corrected chi connectivity index (χ4v) is 3.08. The van der Waals surface area contributed by atoms with Crippen LogP contribution in [0.5, 0.6) is 0 Å². The van der Waals surface area contributed by atoms with Crippen molar-refractivity contribution in [2.45, 2.75) is 38.6 Å². The largest absolute Gasteiger partial charge is 1.00 e.